The summed E-state index contributed by atoms with van der Waals surface area (Å²) in [6, 6.07) is 20.0. The predicted molar refractivity (Wildman–Crippen MR) is 160 cm³/mol. The zero-order chi connectivity index (χ0) is 27.5. The van der Waals surface area contributed by atoms with Crippen LogP contribution in [0.3, 0.4) is 0 Å². The average molecular weight is 778 g/mol. The lowest BCUT2D eigenvalue weighted by Crippen LogP contribution is -2.19. The van der Waals surface area contributed by atoms with E-state index in [0.29, 0.717) is 27.7 Å². The van der Waals surface area contributed by atoms with Gasteiger partial charge >= 0.3 is 0 Å². The van der Waals surface area contributed by atoms with Gasteiger partial charge in [-0.1, -0.05) is 13.8 Å². The van der Waals surface area contributed by atoms with Gasteiger partial charge in [0.2, 0.25) is 0 Å². The summed E-state index contributed by atoms with van der Waals surface area (Å²) in [5.41, 5.74) is 1.75. The molecule has 4 N–H and O–H groups in total. The Labute approximate surface area is 251 Å². The van der Waals surface area contributed by atoms with Gasteiger partial charge in [0.05, 0.1) is 17.9 Å². The van der Waals surface area contributed by atoms with Gasteiger partial charge < -0.3 is 25.0 Å². The largest absolute Gasteiger partial charge is 0.606 e. The van der Waals surface area contributed by atoms with Crippen LogP contribution in [-0.2, 0) is 16.6 Å². The quantitative estimate of drug-likeness (QED) is 0.155. The highest BCUT2D eigenvalue weighted by Crippen LogP contribution is 2.43. The first-order valence-corrected chi connectivity index (χ1v) is 15.0. The molecule has 0 heterocycles. The fourth-order valence-corrected chi connectivity index (χ4v) is 6.71. The molecule has 0 spiro atoms. The summed E-state index contributed by atoms with van der Waals surface area (Å²) in [5, 5.41) is 37.9. The van der Waals surface area contributed by atoms with Gasteiger partial charge in [-0.05, 0) is 148 Å². The SMILES string of the molecule is CC(C)(c1cc(Br)c(O)c(Br)c1)c1cc(Br)c(O)c(Br)c1.[O-][S+](c1ccc(O)cc1)c1ccc(O)cc1. The van der Waals surface area contributed by atoms with Crippen molar-refractivity contribution in [3.05, 3.63) is 102 Å². The Morgan fingerprint density at radius 1 is 0.568 bits per heavy atom. The van der Waals surface area contributed by atoms with Crippen LogP contribution in [-0.4, -0.2) is 25.0 Å². The maximum absolute atomic E-state index is 12.0. The van der Waals surface area contributed by atoms with Crippen LogP contribution in [0, 0.1) is 0 Å². The molecule has 4 aromatic rings. The molecule has 0 aliphatic heterocycles. The van der Waals surface area contributed by atoms with E-state index in [1.807, 2.05) is 24.3 Å². The first-order chi connectivity index (χ1) is 17.3. The Hall–Kier alpha value is -1.69. The Morgan fingerprint density at radius 3 is 1.11 bits per heavy atom. The second-order valence-corrected chi connectivity index (χ2v) is 13.4. The van der Waals surface area contributed by atoms with E-state index >= 15 is 0 Å². The number of phenolic OH excluding ortho intramolecular Hbond substituents is 4. The van der Waals surface area contributed by atoms with E-state index in [-0.39, 0.29) is 28.4 Å². The first-order valence-electron chi connectivity index (χ1n) is 10.7. The molecular formula is C27H22Br4O5S. The summed E-state index contributed by atoms with van der Waals surface area (Å²) in [7, 11) is 0. The summed E-state index contributed by atoms with van der Waals surface area (Å²) < 4.78 is 14.6. The molecule has 0 amide bonds. The lowest BCUT2D eigenvalue weighted by Gasteiger charge is -2.27. The molecule has 194 valence electrons. The number of phenols is 4. The average Bonchev–Trinajstić information content (AvgIpc) is 2.86. The highest BCUT2D eigenvalue weighted by molar-refractivity contribution is 9.11. The van der Waals surface area contributed by atoms with E-state index in [1.165, 1.54) is 24.3 Å². The summed E-state index contributed by atoms with van der Waals surface area (Å²) in [6.07, 6.45) is 0. The second-order valence-electron chi connectivity index (χ2n) is 8.46. The molecule has 0 fully saturated rings. The van der Waals surface area contributed by atoms with E-state index in [1.54, 1.807) is 24.3 Å². The van der Waals surface area contributed by atoms with Gasteiger partial charge in [-0.15, -0.1) is 0 Å². The molecule has 0 saturated heterocycles. The van der Waals surface area contributed by atoms with Crippen LogP contribution in [0.4, 0.5) is 0 Å². The van der Waals surface area contributed by atoms with Gasteiger partial charge in [0.1, 0.15) is 23.0 Å². The lowest BCUT2D eigenvalue weighted by molar-refractivity contribution is 0.466. The molecule has 0 bridgehead atoms. The molecular weight excluding hydrogens is 756 g/mol. The third-order valence-electron chi connectivity index (χ3n) is 5.58. The van der Waals surface area contributed by atoms with Crippen molar-refractivity contribution in [3.8, 4) is 23.0 Å². The van der Waals surface area contributed by atoms with Crippen molar-refractivity contribution < 1.29 is 25.0 Å². The molecule has 0 aliphatic rings. The first kappa shape index (κ1) is 29.9. The van der Waals surface area contributed by atoms with Gasteiger partial charge in [-0.2, -0.15) is 0 Å². The van der Waals surface area contributed by atoms with Crippen LogP contribution in [0.1, 0.15) is 25.0 Å². The highest BCUT2D eigenvalue weighted by Gasteiger charge is 2.26. The van der Waals surface area contributed by atoms with Crippen molar-refractivity contribution >= 4 is 74.9 Å². The minimum absolute atomic E-state index is 0.145. The Balaban J connectivity index is 0.000000213. The van der Waals surface area contributed by atoms with Gasteiger partial charge in [0.25, 0.3) is 0 Å². The van der Waals surface area contributed by atoms with E-state index in [9.17, 15) is 14.8 Å². The Morgan fingerprint density at radius 2 is 0.838 bits per heavy atom. The number of rotatable bonds is 4. The molecule has 37 heavy (non-hydrogen) atoms. The van der Waals surface area contributed by atoms with E-state index in [2.05, 4.69) is 77.6 Å². The summed E-state index contributed by atoms with van der Waals surface area (Å²) in [6.45, 7) is 4.17. The minimum atomic E-state index is -1.29. The van der Waals surface area contributed by atoms with Gasteiger partial charge in [-0.25, -0.2) is 0 Å². The van der Waals surface area contributed by atoms with Crippen LogP contribution in [0.15, 0.2) is 100 Å². The molecule has 0 aliphatic carbocycles. The van der Waals surface area contributed by atoms with Crippen LogP contribution in [0.5, 0.6) is 23.0 Å². The van der Waals surface area contributed by atoms with Crippen molar-refractivity contribution in [2.75, 3.05) is 0 Å². The smallest absolute Gasteiger partial charge is 0.158 e. The van der Waals surface area contributed by atoms with E-state index in [4.69, 9.17) is 10.2 Å². The normalized spacial score (nSPS) is 11.2. The van der Waals surface area contributed by atoms with Crippen molar-refractivity contribution in [2.24, 2.45) is 0 Å². The zero-order valence-corrected chi connectivity index (χ0v) is 26.7. The van der Waals surface area contributed by atoms with Crippen molar-refractivity contribution in [1.29, 1.82) is 0 Å². The molecule has 10 heteroatoms. The number of aromatic hydroxyl groups is 4. The summed E-state index contributed by atoms with van der Waals surface area (Å²) in [4.78, 5) is 1.23. The lowest BCUT2D eigenvalue weighted by atomic mass is 9.78. The van der Waals surface area contributed by atoms with E-state index < -0.39 is 11.2 Å². The molecule has 0 aromatic heterocycles. The van der Waals surface area contributed by atoms with Crippen LogP contribution in [0.2, 0.25) is 0 Å². The maximum Gasteiger partial charge on any atom is 0.158 e. The fourth-order valence-electron chi connectivity index (χ4n) is 3.29. The Bertz CT molecular complexity index is 1240. The molecule has 4 aromatic carbocycles. The van der Waals surface area contributed by atoms with Crippen LogP contribution >= 0.6 is 63.7 Å². The number of hydrogen-bond acceptors (Lipinski definition) is 5. The second kappa shape index (κ2) is 12.4. The summed E-state index contributed by atoms with van der Waals surface area (Å²) >= 11 is 12.2. The molecule has 4 rings (SSSR count). The number of benzene rings is 4. The minimum Gasteiger partial charge on any atom is -0.606 e. The predicted octanol–water partition coefficient (Wildman–Crippen LogP) is 8.74. The van der Waals surface area contributed by atoms with Gasteiger partial charge in [0, 0.05) is 16.6 Å². The standard InChI is InChI=1S/C15H12Br4O2.C12H10O3S/c1-15(2,7-3-9(16)13(20)10(17)4-7)8-5-11(18)14(21)12(19)6-8;13-9-1-5-11(6-2-9)16(15)12-7-3-10(14)4-8-12/h3-6,20-21H,1-2H3;1-8,13-14H. The molecule has 0 radical (unpaired) electrons. The van der Waals surface area contributed by atoms with Crippen molar-refractivity contribution in [3.63, 3.8) is 0 Å². The fraction of sp³-hybridized carbons (Fsp3) is 0.111. The molecule has 0 saturated carbocycles. The molecule has 0 unspecified atom stereocenters. The van der Waals surface area contributed by atoms with Gasteiger partial charge in [0.15, 0.2) is 9.79 Å². The number of halogens is 4. The molecule has 5 nitrogen and oxygen atoms in total. The summed E-state index contributed by atoms with van der Waals surface area (Å²) in [5.74, 6) is 0.656. The third-order valence-corrected chi connectivity index (χ3v) is 9.40. The zero-order valence-electron chi connectivity index (χ0n) is 19.5. The van der Waals surface area contributed by atoms with Crippen LogP contribution in [0.25, 0.3) is 0 Å². The Kier molecular flexibility index (Phi) is 10.0. The van der Waals surface area contributed by atoms with E-state index in [0.717, 1.165) is 11.1 Å². The topological polar surface area (TPSA) is 104 Å². The monoisotopic (exact) mass is 774 g/mol. The molecule has 0 atom stereocenters. The third kappa shape index (κ3) is 7.25. The van der Waals surface area contributed by atoms with Crippen molar-refractivity contribution in [1.82, 2.24) is 0 Å². The number of hydrogen-bond donors (Lipinski definition) is 4. The maximum atomic E-state index is 12.0. The van der Waals surface area contributed by atoms with Gasteiger partial charge in [-0.3, -0.25) is 0 Å². The highest BCUT2D eigenvalue weighted by atomic mass is 79.9. The van der Waals surface area contributed by atoms with Crippen LogP contribution < -0.4 is 0 Å². The van der Waals surface area contributed by atoms with Crippen molar-refractivity contribution in [2.45, 2.75) is 29.1 Å².